The number of hydrogen-bond donors (Lipinski definition) is 1. The number of nitrogens with one attached hydrogen (secondary N) is 1. The molecular formula is C14H14BrFN2O2S. The van der Waals surface area contributed by atoms with Crippen LogP contribution in [0.15, 0.2) is 51.8 Å². The Morgan fingerprint density at radius 3 is 2.24 bits per heavy atom. The van der Waals surface area contributed by atoms with Crippen molar-refractivity contribution in [3.8, 4) is 0 Å². The van der Waals surface area contributed by atoms with Crippen LogP contribution in [0.5, 0.6) is 0 Å². The predicted molar refractivity (Wildman–Crippen MR) is 85.7 cm³/mol. The molecule has 21 heavy (non-hydrogen) atoms. The smallest absolute Gasteiger partial charge is 0.261 e. The van der Waals surface area contributed by atoms with Crippen LogP contribution in [0.2, 0.25) is 0 Å². The molecule has 2 aromatic rings. The largest absolute Gasteiger partial charge is 0.378 e. The van der Waals surface area contributed by atoms with Crippen LogP contribution in [0.1, 0.15) is 0 Å². The first-order valence-electron chi connectivity index (χ1n) is 6.05. The van der Waals surface area contributed by atoms with Gasteiger partial charge in [0.05, 0.1) is 9.37 Å². The zero-order chi connectivity index (χ0) is 15.6. The molecule has 0 amide bonds. The van der Waals surface area contributed by atoms with Crippen LogP contribution < -0.4 is 9.62 Å². The van der Waals surface area contributed by atoms with E-state index in [1.165, 1.54) is 12.1 Å². The molecule has 0 aliphatic heterocycles. The van der Waals surface area contributed by atoms with Crippen LogP contribution in [0.3, 0.4) is 0 Å². The van der Waals surface area contributed by atoms with Crippen molar-refractivity contribution in [2.45, 2.75) is 4.90 Å². The first kappa shape index (κ1) is 15.8. The van der Waals surface area contributed by atoms with Crippen molar-refractivity contribution in [1.29, 1.82) is 0 Å². The summed E-state index contributed by atoms with van der Waals surface area (Å²) in [4.78, 5) is 1.78. The molecular weight excluding hydrogens is 359 g/mol. The Hall–Kier alpha value is -1.60. The lowest BCUT2D eigenvalue weighted by molar-refractivity contribution is 0.593. The monoisotopic (exact) mass is 372 g/mol. The molecule has 2 aromatic carbocycles. The highest BCUT2D eigenvalue weighted by Gasteiger charge is 2.16. The summed E-state index contributed by atoms with van der Waals surface area (Å²) in [7, 11) is -0.0248. The number of hydrogen-bond acceptors (Lipinski definition) is 3. The predicted octanol–water partition coefficient (Wildman–Crippen LogP) is 3.46. The van der Waals surface area contributed by atoms with Crippen LogP contribution in [0.25, 0.3) is 0 Å². The highest BCUT2D eigenvalue weighted by atomic mass is 79.9. The van der Waals surface area contributed by atoms with Crippen LogP contribution in [-0.4, -0.2) is 22.5 Å². The van der Waals surface area contributed by atoms with Crippen LogP contribution in [0.4, 0.5) is 15.8 Å². The summed E-state index contributed by atoms with van der Waals surface area (Å²) in [6, 6.07) is 10.6. The minimum atomic E-state index is -3.81. The summed E-state index contributed by atoms with van der Waals surface area (Å²) < 4.78 is 40.4. The molecule has 0 radical (unpaired) electrons. The topological polar surface area (TPSA) is 49.4 Å². The second-order valence-electron chi connectivity index (χ2n) is 4.62. The van der Waals surface area contributed by atoms with Gasteiger partial charge in [-0.05, 0) is 58.4 Å². The maximum atomic E-state index is 13.4. The van der Waals surface area contributed by atoms with Gasteiger partial charge in [-0.25, -0.2) is 12.8 Å². The molecule has 4 nitrogen and oxygen atoms in total. The Bertz CT molecular complexity index is 746. The van der Waals surface area contributed by atoms with Crippen LogP contribution in [-0.2, 0) is 10.0 Å². The summed E-state index contributed by atoms with van der Waals surface area (Å²) >= 11 is 2.99. The zero-order valence-corrected chi connectivity index (χ0v) is 13.9. The lowest BCUT2D eigenvalue weighted by Gasteiger charge is -2.13. The Balaban J connectivity index is 2.26. The van der Waals surface area contributed by atoms with E-state index >= 15 is 0 Å². The summed E-state index contributed by atoms with van der Waals surface area (Å²) in [5, 5.41) is 0. The summed E-state index contributed by atoms with van der Waals surface area (Å²) in [5.41, 5.74) is 1.37. The van der Waals surface area contributed by atoms with E-state index in [0.717, 1.165) is 11.8 Å². The fourth-order valence-electron chi connectivity index (χ4n) is 1.69. The van der Waals surface area contributed by atoms with E-state index in [4.69, 9.17) is 0 Å². The SMILES string of the molecule is CN(C)c1ccc(NS(=O)(=O)c2ccc(Br)c(F)c2)cc1. The molecule has 2 rings (SSSR count). The molecule has 0 unspecified atom stereocenters. The zero-order valence-electron chi connectivity index (χ0n) is 11.5. The molecule has 0 fully saturated rings. The van der Waals surface area contributed by atoms with E-state index in [1.54, 1.807) is 24.3 Å². The lowest BCUT2D eigenvalue weighted by atomic mass is 10.3. The summed E-state index contributed by atoms with van der Waals surface area (Å²) in [6.45, 7) is 0. The first-order valence-corrected chi connectivity index (χ1v) is 8.32. The summed E-state index contributed by atoms with van der Waals surface area (Å²) in [6.07, 6.45) is 0. The quantitative estimate of drug-likeness (QED) is 0.893. The highest BCUT2D eigenvalue weighted by molar-refractivity contribution is 9.10. The highest BCUT2D eigenvalue weighted by Crippen LogP contribution is 2.22. The Morgan fingerprint density at radius 1 is 1.10 bits per heavy atom. The fraction of sp³-hybridized carbons (Fsp3) is 0.143. The second-order valence-corrected chi connectivity index (χ2v) is 7.16. The van der Waals surface area contributed by atoms with E-state index in [0.29, 0.717) is 5.69 Å². The molecule has 0 aromatic heterocycles. The molecule has 7 heteroatoms. The van der Waals surface area contributed by atoms with Crippen molar-refractivity contribution in [2.24, 2.45) is 0 Å². The lowest BCUT2D eigenvalue weighted by Crippen LogP contribution is -2.13. The van der Waals surface area contributed by atoms with Gasteiger partial charge >= 0.3 is 0 Å². The van der Waals surface area contributed by atoms with E-state index in [1.807, 2.05) is 19.0 Å². The van der Waals surface area contributed by atoms with Gasteiger partial charge in [0.1, 0.15) is 5.82 Å². The normalized spacial score (nSPS) is 11.2. The third kappa shape index (κ3) is 3.74. The first-order chi connectivity index (χ1) is 9.79. The molecule has 112 valence electrons. The van der Waals surface area contributed by atoms with Crippen molar-refractivity contribution >= 4 is 37.3 Å². The second kappa shape index (κ2) is 6.03. The van der Waals surface area contributed by atoms with Gasteiger partial charge in [-0.1, -0.05) is 0 Å². The average molecular weight is 373 g/mol. The van der Waals surface area contributed by atoms with E-state index in [-0.39, 0.29) is 9.37 Å². The average Bonchev–Trinajstić information content (AvgIpc) is 2.42. The van der Waals surface area contributed by atoms with Crippen LogP contribution >= 0.6 is 15.9 Å². The Labute approximate surface area is 131 Å². The molecule has 0 spiro atoms. The molecule has 1 N–H and O–H groups in total. The molecule has 0 aliphatic rings. The number of rotatable bonds is 4. The van der Waals surface area contributed by atoms with Gasteiger partial charge in [0.25, 0.3) is 10.0 Å². The fourth-order valence-corrected chi connectivity index (χ4v) is 3.00. The third-order valence-electron chi connectivity index (χ3n) is 2.84. The Kier molecular flexibility index (Phi) is 4.53. The van der Waals surface area contributed by atoms with Crippen LogP contribution in [0, 0.1) is 5.82 Å². The Morgan fingerprint density at radius 2 is 1.71 bits per heavy atom. The standard InChI is InChI=1S/C14H14BrFN2O2S/c1-18(2)11-5-3-10(4-6-11)17-21(19,20)12-7-8-13(15)14(16)9-12/h3-9,17H,1-2H3. The number of halogens is 2. The van der Waals surface area contributed by atoms with Gasteiger partial charge in [-0.3, -0.25) is 4.72 Å². The number of benzene rings is 2. The number of nitrogens with zero attached hydrogens (tertiary/aromatic N) is 1. The molecule has 0 saturated carbocycles. The molecule has 0 bridgehead atoms. The van der Waals surface area contributed by atoms with Gasteiger partial charge in [-0.2, -0.15) is 0 Å². The maximum absolute atomic E-state index is 13.4. The number of anilines is 2. The van der Waals surface area contributed by atoms with Crippen molar-refractivity contribution in [3.63, 3.8) is 0 Å². The molecule has 0 saturated heterocycles. The molecule has 0 atom stereocenters. The maximum Gasteiger partial charge on any atom is 0.261 e. The van der Waals surface area contributed by atoms with Crippen molar-refractivity contribution < 1.29 is 12.8 Å². The molecule has 0 heterocycles. The number of sulfonamides is 1. The van der Waals surface area contributed by atoms with Gasteiger partial charge in [-0.15, -0.1) is 0 Å². The van der Waals surface area contributed by atoms with E-state index in [9.17, 15) is 12.8 Å². The van der Waals surface area contributed by atoms with Gasteiger partial charge < -0.3 is 4.90 Å². The third-order valence-corrected chi connectivity index (χ3v) is 4.86. The van der Waals surface area contributed by atoms with E-state index < -0.39 is 15.8 Å². The van der Waals surface area contributed by atoms with Gasteiger partial charge in [0, 0.05) is 25.5 Å². The van der Waals surface area contributed by atoms with Gasteiger partial charge in [0.15, 0.2) is 0 Å². The van der Waals surface area contributed by atoms with Crippen molar-refractivity contribution in [3.05, 3.63) is 52.8 Å². The minimum Gasteiger partial charge on any atom is -0.378 e. The summed E-state index contributed by atoms with van der Waals surface area (Å²) in [5.74, 6) is -0.624. The molecule has 0 aliphatic carbocycles. The van der Waals surface area contributed by atoms with Crippen molar-refractivity contribution in [2.75, 3.05) is 23.7 Å². The van der Waals surface area contributed by atoms with Crippen molar-refractivity contribution in [1.82, 2.24) is 0 Å². The minimum absolute atomic E-state index is 0.125. The van der Waals surface area contributed by atoms with E-state index in [2.05, 4.69) is 20.7 Å². The van der Waals surface area contributed by atoms with Gasteiger partial charge in [0.2, 0.25) is 0 Å².